The second kappa shape index (κ2) is 11.0. The Hall–Kier alpha value is -3.31. The fourth-order valence-electron chi connectivity index (χ4n) is 4.59. The van der Waals surface area contributed by atoms with Crippen LogP contribution in [-0.4, -0.2) is 31.6 Å². The van der Waals surface area contributed by atoms with Crippen molar-refractivity contribution in [1.29, 1.82) is 0 Å². The molecule has 1 aliphatic rings. The first-order valence-corrected chi connectivity index (χ1v) is 12.3. The van der Waals surface area contributed by atoms with Crippen LogP contribution in [0.2, 0.25) is 0 Å². The number of benzene rings is 3. The average Bonchev–Trinajstić information content (AvgIpc) is 2.88. The number of hydrogen-bond acceptors (Lipinski definition) is 5. The topological polar surface area (TPSA) is 56.8 Å². The summed E-state index contributed by atoms with van der Waals surface area (Å²) in [5.74, 6) is 2.75. The molecule has 3 aromatic carbocycles. The maximum absolute atomic E-state index is 10.8. The number of rotatable bonds is 10. The van der Waals surface area contributed by atoms with Crippen LogP contribution < -0.4 is 19.5 Å². The van der Waals surface area contributed by atoms with E-state index in [4.69, 9.17) is 14.2 Å². The largest absolute Gasteiger partial charge is 0.492 e. The van der Waals surface area contributed by atoms with E-state index in [-0.39, 0.29) is 5.60 Å². The number of carbonyl (C=O) groups excluding carboxylic acids is 1. The lowest BCUT2D eigenvalue weighted by atomic mass is 9.87. The third-order valence-electron chi connectivity index (χ3n) is 6.85. The summed E-state index contributed by atoms with van der Waals surface area (Å²) in [4.78, 5) is 10.8. The highest BCUT2D eigenvalue weighted by atomic mass is 16.5. The van der Waals surface area contributed by atoms with E-state index in [1.165, 1.54) is 16.7 Å². The summed E-state index contributed by atoms with van der Waals surface area (Å²) in [6.07, 6.45) is 2.72. The van der Waals surface area contributed by atoms with Crippen LogP contribution in [0.25, 0.3) is 0 Å². The van der Waals surface area contributed by atoms with Gasteiger partial charge in [-0.05, 0) is 87.1 Å². The van der Waals surface area contributed by atoms with Gasteiger partial charge in [0.15, 0.2) is 0 Å². The summed E-state index contributed by atoms with van der Waals surface area (Å²) < 4.78 is 18.7. The lowest BCUT2D eigenvalue weighted by molar-refractivity contribution is 0.0625. The van der Waals surface area contributed by atoms with E-state index >= 15 is 0 Å². The van der Waals surface area contributed by atoms with E-state index in [2.05, 4.69) is 45.1 Å². The quantitative estimate of drug-likeness (QED) is 0.300. The van der Waals surface area contributed by atoms with Crippen molar-refractivity contribution >= 4 is 6.29 Å². The van der Waals surface area contributed by atoms with Crippen LogP contribution in [0.15, 0.2) is 54.6 Å². The molecular weight excluding hydrogens is 438 g/mol. The molecule has 0 bridgehead atoms. The standard InChI is InChI=1S/C30H35NO4/c1-21-22(2)29-27(23(3)28(21)34-19-25-8-6-5-7-9-25)14-15-30(4,35-29)20-31-16-17-33-26-12-10-24(18-32)11-13-26/h5-13,18,31H,14-17,19-20H2,1-4H3. The molecule has 35 heavy (non-hydrogen) atoms. The highest BCUT2D eigenvalue weighted by Crippen LogP contribution is 2.43. The number of hydrogen-bond donors (Lipinski definition) is 1. The average molecular weight is 474 g/mol. The van der Waals surface area contributed by atoms with Gasteiger partial charge in [-0.3, -0.25) is 4.79 Å². The molecule has 0 fully saturated rings. The van der Waals surface area contributed by atoms with Crippen molar-refractivity contribution in [3.8, 4) is 17.2 Å². The van der Waals surface area contributed by atoms with E-state index in [1.807, 2.05) is 30.3 Å². The zero-order valence-corrected chi connectivity index (χ0v) is 21.1. The van der Waals surface area contributed by atoms with Crippen LogP contribution in [0.1, 0.15) is 51.5 Å². The number of fused-ring (bicyclic) bond motifs is 1. The number of carbonyl (C=O) groups is 1. The lowest BCUT2D eigenvalue weighted by Crippen LogP contribution is -2.46. The van der Waals surface area contributed by atoms with Crippen molar-refractivity contribution in [2.45, 2.75) is 52.7 Å². The molecule has 1 aliphatic heterocycles. The number of nitrogens with one attached hydrogen (secondary N) is 1. The Labute approximate surface area is 208 Å². The predicted molar refractivity (Wildman–Crippen MR) is 139 cm³/mol. The van der Waals surface area contributed by atoms with Crippen molar-refractivity contribution in [2.24, 2.45) is 0 Å². The normalized spacial score (nSPS) is 16.8. The SMILES string of the molecule is Cc1c(C)c2c(c(C)c1OCc1ccccc1)CCC(C)(CNCCOc1ccc(C=O)cc1)O2. The maximum atomic E-state index is 10.8. The first-order valence-electron chi connectivity index (χ1n) is 12.3. The van der Waals surface area contributed by atoms with Gasteiger partial charge in [0.05, 0.1) is 0 Å². The molecule has 1 unspecified atom stereocenters. The molecular formula is C30H35NO4. The zero-order valence-electron chi connectivity index (χ0n) is 21.1. The van der Waals surface area contributed by atoms with Crippen molar-refractivity contribution < 1.29 is 19.0 Å². The lowest BCUT2D eigenvalue weighted by Gasteiger charge is -2.38. The summed E-state index contributed by atoms with van der Waals surface area (Å²) in [7, 11) is 0. The van der Waals surface area contributed by atoms with Crippen LogP contribution in [-0.2, 0) is 13.0 Å². The van der Waals surface area contributed by atoms with Gasteiger partial charge in [0, 0.05) is 24.2 Å². The van der Waals surface area contributed by atoms with Gasteiger partial charge in [0.2, 0.25) is 0 Å². The van der Waals surface area contributed by atoms with Crippen molar-refractivity contribution in [1.82, 2.24) is 5.32 Å². The smallest absolute Gasteiger partial charge is 0.150 e. The molecule has 0 radical (unpaired) electrons. The maximum Gasteiger partial charge on any atom is 0.150 e. The van der Waals surface area contributed by atoms with Crippen LogP contribution in [0.3, 0.4) is 0 Å². The molecule has 4 rings (SSSR count). The van der Waals surface area contributed by atoms with Crippen LogP contribution >= 0.6 is 0 Å². The molecule has 0 aliphatic carbocycles. The van der Waals surface area contributed by atoms with E-state index in [9.17, 15) is 4.79 Å². The Morgan fingerprint density at radius 3 is 2.43 bits per heavy atom. The Bertz CT molecular complexity index is 1160. The van der Waals surface area contributed by atoms with Crippen molar-refractivity contribution in [3.63, 3.8) is 0 Å². The number of ether oxygens (including phenoxy) is 3. The fourth-order valence-corrected chi connectivity index (χ4v) is 4.59. The molecule has 0 saturated heterocycles. The molecule has 5 nitrogen and oxygen atoms in total. The van der Waals surface area contributed by atoms with E-state index < -0.39 is 0 Å². The Morgan fingerprint density at radius 1 is 0.971 bits per heavy atom. The van der Waals surface area contributed by atoms with Gasteiger partial charge in [-0.15, -0.1) is 0 Å². The second-order valence-electron chi connectivity index (χ2n) is 9.55. The van der Waals surface area contributed by atoms with Crippen LogP contribution in [0.4, 0.5) is 0 Å². The minimum absolute atomic E-state index is 0.283. The molecule has 0 aromatic heterocycles. The number of aldehydes is 1. The Balaban J connectivity index is 1.35. The summed E-state index contributed by atoms with van der Waals surface area (Å²) in [5, 5.41) is 3.49. The molecule has 0 spiro atoms. The molecule has 184 valence electrons. The second-order valence-corrected chi connectivity index (χ2v) is 9.55. The van der Waals surface area contributed by atoms with Crippen molar-refractivity contribution in [2.75, 3.05) is 19.7 Å². The molecule has 1 heterocycles. The molecule has 5 heteroatoms. The van der Waals surface area contributed by atoms with Gasteiger partial charge >= 0.3 is 0 Å². The van der Waals surface area contributed by atoms with Crippen molar-refractivity contribution in [3.05, 3.63) is 88.0 Å². The van der Waals surface area contributed by atoms with Gasteiger partial charge in [-0.2, -0.15) is 0 Å². The predicted octanol–water partition coefficient (Wildman–Crippen LogP) is 5.76. The first kappa shape index (κ1) is 24.8. The molecule has 1 atom stereocenters. The molecule has 0 saturated carbocycles. The highest BCUT2D eigenvalue weighted by molar-refractivity contribution is 5.74. The summed E-state index contributed by atoms with van der Waals surface area (Å²) in [5.41, 5.74) is 6.27. The van der Waals surface area contributed by atoms with Crippen LogP contribution in [0, 0.1) is 20.8 Å². The minimum atomic E-state index is -0.283. The van der Waals surface area contributed by atoms with E-state index in [0.29, 0.717) is 25.3 Å². The molecule has 0 amide bonds. The third kappa shape index (κ3) is 5.85. The van der Waals surface area contributed by atoms with Gasteiger partial charge in [0.1, 0.15) is 42.3 Å². The Kier molecular flexibility index (Phi) is 7.76. The van der Waals surface area contributed by atoms with Gasteiger partial charge in [-0.1, -0.05) is 30.3 Å². The van der Waals surface area contributed by atoms with E-state index in [0.717, 1.165) is 54.0 Å². The van der Waals surface area contributed by atoms with E-state index in [1.54, 1.807) is 12.1 Å². The zero-order chi connectivity index (χ0) is 24.8. The monoisotopic (exact) mass is 473 g/mol. The van der Waals surface area contributed by atoms with Gasteiger partial charge < -0.3 is 19.5 Å². The Morgan fingerprint density at radius 2 is 1.71 bits per heavy atom. The highest BCUT2D eigenvalue weighted by Gasteiger charge is 2.34. The summed E-state index contributed by atoms with van der Waals surface area (Å²) in [6.45, 7) is 11.1. The molecule has 1 N–H and O–H groups in total. The minimum Gasteiger partial charge on any atom is -0.492 e. The summed E-state index contributed by atoms with van der Waals surface area (Å²) >= 11 is 0. The van der Waals surface area contributed by atoms with Gasteiger partial charge in [0.25, 0.3) is 0 Å². The first-order chi connectivity index (χ1) is 16.9. The fraction of sp³-hybridized carbons (Fsp3) is 0.367. The van der Waals surface area contributed by atoms with Gasteiger partial charge in [-0.25, -0.2) is 0 Å². The van der Waals surface area contributed by atoms with Crippen LogP contribution in [0.5, 0.6) is 17.2 Å². The summed E-state index contributed by atoms with van der Waals surface area (Å²) in [6, 6.07) is 17.4. The third-order valence-corrected chi connectivity index (χ3v) is 6.85. The molecule has 3 aromatic rings.